The van der Waals surface area contributed by atoms with Crippen molar-refractivity contribution in [3.05, 3.63) is 65.4 Å². The fourth-order valence-electron chi connectivity index (χ4n) is 2.64. The van der Waals surface area contributed by atoms with Crippen LogP contribution in [0.3, 0.4) is 0 Å². The fourth-order valence-corrected chi connectivity index (χ4v) is 2.64. The van der Waals surface area contributed by atoms with Crippen LogP contribution in [0.15, 0.2) is 48.7 Å². The summed E-state index contributed by atoms with van der Waals surface area (Å²) < 4.78 is 0. The van der Waals surface area contributed by atoms with Gasteiger partial charge in [-0.1, -0.05) is 36.4 Å². The third-order valence-corrected chi connectivity index (χ3v) is 3.41. The molecule has 1 rings (SSSR count). The molecule has 1 aromatic carbocycles. The van der Waals surface area contributed by atoms with Gasteiger partial charge in [-0.25, -0.2) is 0 Å². The van der Waals surface area contributed by atoms with Crippen molar-refractivity contribution in [1.82, 2.24) is 5.32 Å². The first-order valence-electron chi connectivity index (χ1n) is 7.10. The van der Waals surface area contributed by atoms with Gasteiger partial charge in [0.2, 0.25) is 0 Å². The molecule has 0 aliphatic rings. The molecule has 0 amide bonds. The quantitative estimate of drug-likeness (QED) is 0.688. The minimum absolute atomic E-state index is 0.165. The molecule has 0 bridgehead atoms. The summed E-state index contributed by atoms with van der Waals surface area (Å²) in [6.07, 6.45) is 5.12. The highest BCUT2D eigenvalue weighted by Gasteiger charge is 2.26. The highest BCUT2D eigenvalue weighted by Crippen LogP contribution is 2.30. The van der Waals surface area contributed by atoms with Crippen molar-refractivity contribution < 1.29 is 0 Å². The Morgan fingerprint density at radius 1 is 1.30 bits per heavy atom. The number of rotatable bonds is 6. The van der Waals surface area contributed by atoms with Crippen molar-refractivity contribution in [2.75, 3.05) is 0 Å². The molecule has 0 aliphatic heterocycles. The molecule has 0 heterocycles. The third-order valence-electron chi connectivity index (χ3n) is 3.41. The van der Waals surface area contributed by atoms with Crippen LogP contribution >= 0.6 is 0 Å². The van der Waals surface area contributed by atoms with Gasteiger partial charge in [0.1, 0.15) is 0 Å². The number of allylic oxidation sites excluding steroid dienone is 2. The van der Waals surface area contributed by atoms with E-state index in [9.17, 15) is 0 Å². The molecule has 1 N–H and O–H groups in total. The standard InChI is InChI=1S/C19H27N/c1-8-9-17-12-18(11-10-16(17)6)19(7,13-14(2)3)20-15(4)5/h8-12,20H,2,4,13H2,1,3,5-7H3/b9-8-/t19-/m0/s1. The zero-order valence-electron chi connectivity index (χ0n) is 13.5. The minimum atomic E-state index is -0.165. The maximum absolute atomic E-state index is 4.07. The lowest BCUT2D eigenvalue weighted by atomic mass is 9.84. The lowest BCUT2D eigenvalue weighted by molar-refractivity contribution is 0.401. The van der Waals surface area contributed by atoms with E-state index in [4.69, 9.17) is 0 Å². The van der Waals surface area contributed by atoms with E-state index in [2.05, 4.69) is 69.6 Å². The summed E-state index contributed by atoms with van der Waals surface area (Å²) in [7, 11) is 0. The van der Waals surface area contributed by atoms with Crippen LogP contribution in [0, 0.1) is 6.92 Å². The molecular formula is C19H27N. The van der Waals surface area contributed by atoms with E-state index >= 15 is 0 Å². The molecule has 0 radical (unpaired) electrons. The maximum atomic E-state index is 4.07. The Bertz CT molecular complexity index is 519. The molecule has 0 saturated heterocycles. The van der Waals surface area contributed by atoms with Gasteiger partial charge in [0, 0.05) is 5.70 Å². The zero-order chi connectivity index (χ0) is 15.3. The highest BCUT2D eigenvalue weighted by molar-refractivity contribution is 5.55. The van der Waals surface area contributed by atoms with Crippen LogP contribution in [-0.2, 0) is 5.54 Å². The number of hydrogen-bond acceptors (Lipinski definition) is 1. The van der Waals surface area contributed by atoms with Gasteiger partial charge in [-0.3, -0.25) is 0 Å². The summed E-state index contributed by atoms with van der Waals surface area (Å²) in [4.78, 5) is 0. The van der Waals surface area contributed by atoms with Crippen molar-refractivity contribution in [3.63, 3.8) is 0 Å². The largest absolute Gasteiger partial charge is 0.379 e. The van der Waals surface area contributed by atoms with E-state index in [-0.39, 0.29) is 5.54 Å². The smallest absolute Gasteiger partial charge is 0.0630 e. The Morgan fingerprint density at radius 2 is 1.95 bits per heavy atom. The SMILES string of the molecule is C=C(C)C[C@](C)(NC(=C)C)c1ccc(C)c(/C=C\C)c1. The van der Waals surface area contributed by atoms with Crippen LogP contribution in [-0.4, -0.2) is 0 Å². The van der Waals surface area contributed by atoms with E-state index in [1.54, 1.807) is 0 Å². The first-order valence-corrected chi connectivity index (χ1v) is 7.10. The molecule has 0 unspecified atom stereocenters. The second kappa shape index (κ2) is 6.60. The number of nitrogens with one attached hydrogen (secondary N) is 1. The van der Waals surface area contributed by atoms with Crippen LogP contribution in [0.1, 0.15) is 50.8 Å². The predicted octanol–water partition coefficient (Wildman–Crippen LogP) is 5.33. The van der Waals surface area contributed by atoms with Gasteiger partial charge in [-0.2, -0.15) is 0 Å². The molecule has 0 spiro atoms. The van der Waals surface area contributed by atoms with Gasteiger partial charge < -0.3 is 5.32 Å². The van der Waals surface area contributed by atoms with Crippen LogP contribution < -0.4 is 5.32 Å². The average Bonchev–Trinajstić information content (AvgIpc) is 2.29. The van der Waals surface area contributed by atoms with Gasteiger partial charge in [-0.05, 0) is 63.8 Å². The van der Waals surface area contributed by atoms with E-state index < -0.39 is 0 Å². The Kier molecular flexibility index (Phi) is 5.38. The second-order valence-corrected chi connectivity index (χ2v) is 5.94. The fraction of sp³-hybridized carbons (Fsp3) is 0.368. The summed E-state index contributed by atoms with van der Waals surface area (Å²) in [5.41, 5.74) is 5.79. The van der Waals surface area contributed by atoms with Crippen molar-refractivity contribution in [1.29, 1.82) is 0 Å². The summed E-state index contributed by atoms with van der Waals surface area (Å²) in [5, 5.41) is 3.51. The molecule has 0 aromatic heterocycles. The molecule has 0 fully saturated rings. The summed E-state index contributed by atoms with van der Waals surface area (Å²) in [6.45, 7) is 18.5. The van der Waals surface area contributed by atoms with Gasteiger partial charge >= 0.3 is 0 Å². The van der Waals surface area contributed by atoms with Crippen LogP contribution in [0.25, 0.3) is 6.08 Å². The summed E-state index contributed by atoms with van der Waals surface area (Å²) >= 11 is 0. The maximum Gasteiger partial charge on any atom is 0.0630 e. The van der Waals surface area contributed by atoms with Gasteiger partial charge in [0.15, 0.2) is 0 Å². The molecule has 20 heavy (non-hydrogen) atoms. The lowest BCUT2D eigenvalue weighted by Gasteiger charge is -2.33. The molecule has 1 nitrogen and oxygen atoms in total. The molecule has 1 aromatic rings. The van der Waals surface area contributed by atoms with E-state index in [0.717, 1.165) is 17.7 Å². The predicted molar refractivity (Wildman–Crippen MR) is 90.6 cm³/mol. The molecule has 0 aliphatic carbocycles. The van der Waals surface area contributed by atoms with Crippen molar-refractivity contribution in [3.8, 4) is 0 Å². The second-order valence-electron chi connectivity index (χ2n) is 5.94. The number of aryl methyl sites for hydroxylation is 1. The van der Waals surface area contributed by atoms with Crippen molar-refractivity contribution in [2.45, 2.75) is 46.6 Å². The normalized spacial score (nSPS) is 14.1. The zero-order valence-corrected chi connectivity index (χ0v) is 13.5. The summed E-state index contributed by atoms with van der Waals surface area (Å²) in [6, 6.07) is 6.64. The Morgan fingerprint density at radius 3 is 2.45 bits per heavy atom. The van der Waals surface area contributed by atoms with Crippen LogP contribution in [0.5, 0.6) is 0 Å². The lowest BCUT2D eigenvalue weighted by Crippen LogP contribution is -2.38. The third kappa shape index (κ3) is 4.12. The topological polar surface area (TPSA) is 12.0 Å². The van der Waals surface area contributed by atoms with Gasteiger partial charge in [-0.15, -0.1) is 6.58 Å². The number of hydrogen-bond donors (Lipinski definition) is 1. The van der Waals surface area contributed by atoms with Gasteiger partial charge in [0.25, 0.3) is 0 Å². The van der Waals surface area contributed by atoms with E-state index in [1.165, 1.54) is 16.7 Å². The first-order chi connectivity index (χ1) is 9.28. The molecule has 0 saturated carbocycles. The molecular weight excluding hydrogens is 242 g/mol. The Balaban J connectivity index is 3.29. The Hall–Kier alpha value is -1.76. The Labute approximate surface area is 124 Å². The van der Waals surface area contributed by atoms with Crippen molar-refractivity contribution >= 4 is 6.08 Å². The molecule has 1 heteroatoms. The van der Waals surface area contributed by atoms with E-state index in [1.807, 2.05) is 13.8 Å². The number of benzene rings is 1. The first kappa shape index (κ1) is 16.3. The van der Waals surface area contributed by atoms with Crippen LogP contribution in [0.4, 0.5) is 0 Å². The molecule has 1 atom stereocenters. The van der Waals surface area contributed by atoms with E-state index in [0.29, 0.717) is 0 Å². The van der Waals surface area contributed by atoms with Gasteiger partial charge in [0.05, 0.1) is 5.54 Å². The van der Waals surface area contributed by atoms with Crippen LogP contribution in [0.2, 0.25) is 0 Å². The summed E-state index contributed by atoms with van der Waals surface area (Å²) in [5.74, 6) is 0. The highest BCUT2D eigenvalue weighted by atomic mass is 15.0. The monoisotopic (exact) mass is 269 g/mol. The minimum Gasteiger partial charge on any atom is -0.379 e. The average molecular weight is 269 g/mol. The molecule has 108 valence electrons. The van der Waals surface area contributed by atoms with Crippen molar-refractivity contribution in [2.24, 2.45) is 0 Å².